The summed E-state index contributed by atoms with van der Waals surface area (Å²) in [6.45, 7) is 6.04. The molecule has 1 heterocycles. The number of hydrogen-bond acceptors (Lipinski definition) is 2. The monoisotopic (exact) mass is 320 g/mol. The van der Waals surface area contributed by atoms with Crippen molar-refractivity contribution in [3.63, 3.8) is 0 Å². The molecular formula is C18H25ClN2O. The molecule has 2 aliphatic rings. The lowest BCUT2D eigenvalue weighted by Crippen LogP contribution is -2.53. The zero-order chi connectivity index (χ0) is 15.5. The number of rotatable bonds is 2. The first-order valence-corrected chi connectivity index (χ1v) is 8.82. The molecule has 22 heavy (non-hydrogen) atoms. The number of carbonyl (C=O) groups is 1. The lowest BCUT2D eigenvalue weighted by molar-refractivity contribution is 0.0423. The molecule has 1 aromatic carbocycles. The van der Waals surface area contributed by atoms with Crippen molar-refractivity contribution < 1.29 is 4.79 Å². The maximum atomic E-state index is 12.5. The summed E-state index contributed by atoms with van der Waals surface area (Å²) in [4.78, 5) is 17.1. The Morgan fingerprint density at radius 3 is 2.55 bits per heavy atom. The Labute approximate surface area is 138 Å². The van der Waals surface area contributed by atoms with Gasteiger partial charge in [-0.1, -0.05) is 37.4 Å². The molecule has 2 atom stereocenters. The summed E-state index contributed by atoms with van der Waals surface area (Å²) in [5, 5.41) is 0.625. The Morgan fingerprint density at radius 2 is 1.86 bits per heavy atom. The van der Waals surface area contributed by atoms with E-state index < -0.39 is 0 Å². The predicted molar refractivity (Wildman–Crippen MR) is 90.3 cm³/mol. The van der Waals surface area contributed by atoms with Crippen molar-refractivity contribution in [1.29, 1.82) is 0 Å². The van der Waals surface area contributed by atoms with Gasteiger partial charge in [0.25, 0.3) is 5.91 Å². The van der Waals surface area contributed by atoms with Crippen LogP contribution < -0.4 is 0 Å². The zero-order valence-corrected chi connectivity index (χ0v) is 14.1. The summed E-state index contributed by atoms with van der Waals surface area (Å²) in [6, 6.07) is 7.98. The van der Waals surface area contributed by atoms with Gasteiger partial charge < -0.3 is 4.90 Å². The number of halogens is 1. The molecule has 0 unspecified atom stereocenters. The van der Waals surface area contributed by atoms with Crippen LogP contribution in [0.15, 0.2) is 24.3 Å². The topological polar surface area (TPSA) is 23.6 Å². The highest BCUT2D eigenvalue weighted by molar-refractivity contribution is 6.30. The maximum Gasteiger partial charge on any atom is 0.253 e. The van der Waals surface area contributed by atoms with Crippen LogP contribution in [0, 0.1) is 5.92 Å². The van der Waals surface area contributed by atoms with Crippen LogP contribution in [0.25, 0.3) is 0 Å². The molecule has 0 N–H and O–H groups in total. The van der Waals surface area contributed by atoms with E-state index in [1.54, 1.807) is 12.1 Å². The van der Waals surface area contributed by atoms with Gasteiger partial charge in [-0.05, 0) is 37.0 Å². The zero-order valence-electron chi connectivity index (χ0n) is 13.3. The van der Waals surface area contributed by atoms with Crippen molar-refractivity contribution in [3.8, 4) is 0 Å². The first-order valence-electron chi connectivity index (χ1n) is 8.44. The van der Waals surface area contributed by atoms with E-state index in [1.165, 1.54) is 25.7 Å². The third kappa shape index (κ3) is 3.47. The van der Waals surface area contributed by atoms with Gasteiger partial charge in [0.05, 0.1) is 0 Å². The first kappa shape index (κ1) is 15.8. The molecule has 1 amide bonds. The minimum atomic E-state index is 0.110. The van der Waals surface area contributed by atoms with E-state index in [4.69, 9.17) is 11.6 Å². The Hall–Kier alpha value is -1.06. The predicted octanol–water partition coefficient (Wildman–Crippen LogP) is 3.68. The van der Waals surface area contributed by atoms with Gasteiger partial charge in [0.2, 0.25) is 0 Å². The van der Waals surface area contributed by atoms with E-state index in [1.807, 2.05) is 17.0 Å². The highest BCUT2D eigenvalue weighted by atomic mass is 35.5. The van der Waals surface area contributed by atoms with Crippen molar-refractivity contribution in [2.75, 3.05) is 26.2 Å². The van der Waals surface area contributed by atoms with Gasteiger partial charge in [-0.2, -0.15) is 0 Å². The van der Waals surface area contributed by atoms with Crippen LogP contribution in [0.1, 0.15) is 43.0 Å². The van der Waals surface area contributed by atoms with E-state index in [9.17, 15) is 4.79 Å². The summed E-state index contributed by atoms with van der Waals surface area (Å²) in [7, 11) is 0. The number of hydrogen-bond donors (Lipinski definition) is 0. The van der Waals surface area contributed by atoms with Gasteiger partial charge in [0.15, 0.2) is 0 Å². The standard InChI is InChI=1S/C18H25ClN2O/c1-14-5-2-3-8-17(14)20-9-11-21(12-10-20)18(22)15-6-4-7-16(19)13-15/h4,6-7,13-14,17H,2-3,5,8-12H2,1H3/t14-,17-/m1/s1. The second kappa shape index (κ2) is 7.01. The second-order valence-electron chi connectivity index (χ2n) is 6.67. The highest BCUT2D eigenvalue weighted by Crippen LogP contribution is 2.28. The van der Waals surface area contributed by atoms with E-state index >= 15 is 0 Å². The Kier molecular flexibility index (Phi) is 5.04. The van der Waals surface area contributed by atoms with Gasteiger partial charge in [0, 0.05) is 42.8 Å². The normalized spacial score (nSPS) is 26.9. The molecule has 2 fully saturated rings. The smallest absolute Gasteiger partial charge is 0.253 e. The quantitative estimate of drug-likeness (QED) is 0.830. The van der Waals surface area contributed by atoms with E-state index in [-0.39, 0.29) is 5.91 Å². The molecule has 0 spiro atoms. The first-order chi connectivity index (χ1) is 10.6. The van der Waals surface area contributed by atoms with Gasteiger partial charge >= 0.3 is 0 Å². The minimum absolute atomic E-state index is 0.110. The molecule has 1 aromatic rings. The summed E-state index contributed by atoms with van der Waals surface area (Å²) < 4.78 is 0. The van der Waals surface area contributed by atoms with E-state index in [0.717, 1.165) is 38.1 Å². The number of benzene rings is 1. The molecule has 3 rings (SSSR count). The average Bonchev–Trinajstić information content (AvgIpc) is 2.55. The SMILES string of the molecule is C[C@@H]1CCCC[C@H]1N1CCN(C(=O)c2cccc(Cl)c2)CC1. The minimum Gasteiger partial charge on any atom is -0.336 e. The number of carbonyl (C=O) groups excluding carboxylic acids is 1. The highest BCUT2D eigenvalue weighted by Gasteiger charge is 2.30. The third-order valence-electron chi connectivity index (χ3n) is 5.21. The van der Waals surface area contributed by atoms with Gasteiger partial charge in [0.1, 0.15) is 0 Å². The molecule has 0 radical (unpaired) electrons. The van der Waals surface area contributed by atoms with Crippen molar-refractivity contribution in [2.24, 2.45) is 5.92 Å². The van der Waals surface area contributed by atoms with Crippen molar-refractivity contribution in [1.82, 2.24) is 9.80 Å². The molecular weight excluding hydrogens is 296 g/mol. The van der Waals surface area contributed by atoms with E-state index in [0.29, 0.717) is 10.6 Å². The lowest BCUT2D eigenvalue weighted by atomic mass is 9.84. The van der Waals surface area contributed by atoms with Crippen molar-refractivity contribution in [2.45, 2.75) is 38.6 Å². The molecule has 1 aliphatic heterocycles. The Balaban J connectivity index is 1.58. The van der Waals surface area contributed by atoms with Gasteiger partial charge in [-0.3, -0.25) is 9.69 Å². The fourth-order valence-electron chi connectivity index (χ4n) is 3.90. The largest absolute Gasteiger partial charge is 0.336 e. The van der Waals surface area contributed by atoms with Crippen LogP contribution in [0.4, 0.5) is 0 Å². The van der Waals surface area contributed by atoms with Crippen LogP contribution in [0.5, 0.6) is 0 Å². The Morgan fingerprint density at radius 1 is 1.14 bits per heavy atom. The Bertz CT molecular complexity index is 526. The van der Waals surface area contributed by atoms with Crippen LogP contribution in [0.3, 0.4) is 0 Å². The van der Waals surface area contributed by atoms with E-state index in [2.05, 4.69) is 11.8 Å². The fourth-order valence-corrected chi connectivity index (χ4v) is 4.09. The molecule has 1 saturated heterocycles. The number of nitrogens with zero attached hydrogens (tertiary/aromatic N) is 2. The molecule has 4 heteroatoms. The van der Waals surface area contributed by atoms with Gasteiger partial charge in [-0.25, -0.2) is 0 Å². The summed E-state index contributed by atoms with van der Waals surface area (Å²) in [6.07, 6.45) is 5.41. The average molecular weight is 321 g/mol. The van der Waals surface area contributed by atoms with Crippen LogP contribution in [0.2, 0.25) is 5.02 Å². The fraction of sp³-hybridized carbons (Fsp3) is 0.611. The molecule has 3 nitrogen and oxygen atoms in total. The maximum absolute atomic E-state index is 12.5. The molecule has 0 bridgehead atoms. The summed E-state index contributed by atoms with van der Waals surface area (Å²) in [5.74, 6) is 0.905. The number of piperazine rings is 1. The van der Waals surface area contributed by atoms with Crippen LogP contribution in [-0.2, 0) is 0 Å². The third-order valence-corrected chi connectivity index (χ3v) is 5.44. The summed E-state index contributed by atoms with van der Waals surface area (Å²) in [5.41, 5.74) is 0.701. The molecule has 1 saturated carbocycles. The van der Waals surface area contributed by atoms with Crippen LogP contribution in [-0.4, -0.2) is 47.9 Å². The summed E-state index contributed by atoms with van der Waals surface area (Å²) >= 11 is 5.99. The number of amides is 1. The van der Waals surface area contributed by atoms with Crippen molar-refractivity contribution >= 4 is 17.5 Å². The van der Waals surface area contributed by atoms with Crippen molar-refractivity contribution in [3.05, 3.63) is 34.9 Å². The second-order valence-corrected chi connectivity index (χ2v) is 7.10. The molecule has 120 valence electrons. The van der Waals surface area contributed by atoms with Gasteiger partial charge in [-0.15, -0.1) is 0 Å². The molecule has 0 aromatic heterocycles. The lowest BCUT2D eigenvalue weighted by Gasteiger charge is -2.43. The molecule has 1 aliphatic carbocycles. The van der Waals surface area contributed by atoms with Crippen LogP contribution >= 0.6 is 11.6 Å².